The number of aromatic nitrogens is 1. The molecule has 3 rings (SSSR count). The Balaban J connectivity index is 1.75. The lowest BCUT2D eigenvalue weighted by molar-refractivity contribution is 0.452. The molecule has 2 saturated carbocycles. The standard InChI is InChI=1S/C15H25N3O2S/c1-3-18-11-15(8-14(18)9-16-13-6-7-13)21(19,20)17(2)10-12-4-5-12/h8,11-13,16H,3-7,9-10H2,1-2H3. The van der Waals surface area contributed by atoms with Crippen LogP contribution in [-0.2, 0) is 23.1 Å². The molecular weight excluding hydrogens is 286 g/mol. The van der Waals surface area contributed by atoms with Crippen molar-refractivity contribution in [2.75, 3.05) is 13.6 Å². The van der Waals surface area contributed by atoms with E-state index in [1.165, 1.54) is 17.1 Å². The highest BCUT2D eigenvalue weighted by Crippen LogP contribution is 2.31. The molecule has 0 saturated heterocycles. The molecule has 0 atom stereocenters. The third-order valence-corrected chi connectivity index (χ3v) is 6.16. The van der Waals surface area contributed by atoms with Gasteiger partial charge in [-0.2, -0.15) is 0 Å². The summed E-state index contributed by atoms with van der Waals surface area (Å²) in [5.74, 6) is 0.564. The normalized spacial score (nSPS) is 19.4. The molecule has 0 amide bonds. The maximum atomic E-state index is 12.6. The molecule has 2 aliphatic carbocycles. The molecule has 0 bridgehead atoms. The third-order valence-electron chi connectivity index (χ3n) is 4.37. The molecule has 0 aromatic carbocycles. The Hall–Kier alpha value is -0.850. The van der Waals surface area contributed by atoms with Gasteiger partial charge in [-0.05, 0) is 44.6 Å². The van der Waals surface area contributed by atoms with Gasteiger partial charge in [0.1, 0.15) is 4.90 Å². The van der Waals surface area contributed by atoms with Crippen molar-refractivity contribution in [3.63, 3.8) is 0 Å². The first kappa shape index (κ1) is 15.1. The van der Waals surface area contributed by atoms with Crippen molar-refractivity contribution in [1.29, 1.82) is 0 Å². The van der Waals surface area contributed by atoms with Gasteiger partial charge in [-0.3, -0.25) is 0 Å². The van der Waals surface area contributed by atoms with Crippen molar-refractivity contribution in [2.45, 2.75) is 56.6 Å². The van der Waals surface area contributed by atoms with E-state index in [9.17, 15) is 8.42 Å². The lowest BCUT2D eigenvalue weighted by Gasteiger charge is -2.15. The van der Waals surface area contributed by atoms with E-state index in [0.717, 1.165) is 31.6 Å². The zero-order chi connectivity index (χ0) is 15.0. The average Bonchev–Trinajstić information content (AvgIpc) is 3.37. The second-order valence-electron chi connectivity index (χ2n) is 6.34. The molecule has 0 radical (unpaired) electrons. The molecule has 118 valence electrons. The van der Waals surface area contributed by atoms with Crippen LogP contribution in [0.3, 0.4) is 0 Å². The van der Waals surface area contributed by atoms with Crippen molar-refractivity contribution in [2.24, 2.45) is 5.92 Å². The molecule has 1 N–H and O–H groups in total. The number of rotatable bonds is 8. The second kappa shape index (κ2) is 5.74. The van der Waals surface area contributed by atoms with Crippen molar-refractivity contribution >= 4 is 10.0 Å². The fourth-order valence-electron chi connectivity index (χ4n) is 2.59. The van der Waals surface area contributed by atoms with E-state index in [1.807, 2.05) is 17.6 Å². The highest BCUT2D eigenvalue weighted by Gasteiger charge is 2.30. The van der Waals surface area contributed by atoms with Crippen LogP contribution in [0.5, 0.6) is 0 Å². The first-order valence-electron chi connectivity index (χ1n) is 7.89. The van der Waals surface area contributed by atoms with Crippen molar-refractivity contribution < 1.29 is 8.42 Å². The number of sulfonamides is 1. The summed E-state index contributed by atoms with van der Waals surface area (Å²) in [6.07, 6.45) is 6.58. The minimum absolute atomic E-state index is 0.431. The minimum atomic E-state index is -3.34. The molecule has 1 aromatic heterocycles. The van der Waals surface area contributed by atoms with Gasteiger partial charge < -0.3 is 9.88 Å². The maximum absolute atomic E-state index is 12.6. The Morgan fingerprint density at radius 1 is 1.33 bits per heavy atom. The quantitative estimate of drug-likeness (QED) is 0.796. The van der Waals surface area contributed by atoms with Crippen LogP contribution in [0, 0.1) is 5.92 Å². The highest BCUT2D eigenvalue weighted by molar-refractivity contribution is 7.89. The lowest BCUT2D eigenvalue weighted by Crippen LogP contribution is -2.28. The van der Waals surface area contributed by atoms with Crippen LogP contribution in [0.2, 0.25) is 0 Å². The van der Waals surface area contributed by atoms with Gasteiger partial charge in [0.2, 0.25) is 10.0 Å². The predicted octanol–water partition coefficient (Wildman–Crippen LogP) is 1.79. The van der Waals surface area contributed by atoms with Gasteiger partial charge in [0.05, 0.1) is 0 Å². The fourth-order valence-corrected chi connectivity index (χ4v) is 3.90. The van der Waals surface area contributed by atoms with Gasteiger partial charge in [0.15, 0.2) is 0 Å². The topological polar surface area (TPSA) is 54.3 Å². The molecule has 2 fully saturated rings. The lowest BCUT2D eigenvalue weighted by atomic mass is 10.4. The van der Waals surface area contributed by atoms with E-state index in [2.05, 4.69) is 5.32 Å². The monoisotopic (exact) mass is 311 g/mol. The molecular formula is C15H25N3O2S. The van der Waals surface area contributed by atoms with Crippen molar-refractivity contribution in [1.82, 2.24) is 14.2 Å². The van der Waals surface area contributed by atoms with E-state index >= 15 is 0 Å². The third kappa shape index (κ3) is 3.49. The van der Waals surface area contributed by atoms with E-state index < -0.39 is 10.0 Å². The van der Waals surface area contributed by atoms with E-state index in [0.29, 0.717) is 23.4 Å². The molecule has 0 aliphatic heterocycles. The van der Waals surface area contributed by atoms with Crippen LogP contribution >= 0.6 is 0 Å². The molecule has 1 heterocycles. The number of hydrogen-bond donors (Lipinski definition) is 1. The summed E-state index contributed by atoms with van der Waals surface area (Å²) in [4.78, 5) is 0.431. The van der Waals surface area contributed by atoms with E-state index in [4.69, 9.17) is 0 Å². The van der Waals surface area contributed by atoms with Gasteiger partial charge in [-0.25, -0.2) is 12.7 Å². The van der Waals surface area contributed by atoms with Crippen LogP contribution in [0.1, 0.15) is 38.3 Å². The summed E-state index contributed by atoms with van der Waals surface area (Å²) in [7, 11) is -1.65. The Morgan fingerprint density at radius 3 is 2.62 bits per heavy atom. The van der Waals surface area contributed by atoms with Gasteiger partial charge in [-0.1, -0.05) is 0 Å². The number of nitrogens with zero attached hydrogens (tertiary/aromatic N) is 2. The molecule has 0 spiro atoms. The first-order chi connectivity index (χ1) is 10.0. The van der Waals surface area contributed by atoms with Gasteiger partial charge >= 0.3 is 0 Å². The smallest absolute Gasteiger partial charge is 0.244 e. The zero-order valence-electron chi connectivity index (χ0n) is 12.9. The van der Waals surface area contributed by atoms with Gasteiger partial charge in [-0.15, -0.1) is 0 Å². The number of aryl methyl sites for hydroxylation is 1. The first-order valence-corrected chi connectivity index (χ1v) is 9.33. The number of hydrogen-bond acceptors (Lipinski definition) is 3. The Bertz CT molecular complexity index is 600. The molecule has 6 heteroatoms. The maximum Gasteiger partial charge on any atom is 0.244 e. The number of nitrogens with one attached hydrogen (secondary N) is 1. The Morgan fingerprint density at radius 2 is 2.05 bits per heavy atom. The predicted molar refractivity (Wildman–Crippen MR) is 82.5 cm³/mol. The SMILES string of the molecule is CCn1cc(S(=O)(=O)N(C)CC2CC2)cc1CNC1CC1. The van der Waals surface area contributed by atoms with Crippen molar-refractivity contribution in [3.8, 4) is 0 Å². The summed E-state index contributed by atoms with van der Waals surface area (Å²) < 4.78 is 28.8. The van der Waals surface area contributed by atoms with Crippen molar-refractivity contribution in [3.05, 3.63) is 18.0 Å². The van der Waals surface area contributed by atoms with E-state index in [-0.39, 0.29) is 0 Å². The Labute approximate surface area is 127 Å². The largest absolute Gasteiger partial charge is 0.349 e. The minimum Gasteiger partial charge on any atom is -0.349 e. The van der Waals surface area contributed by atoms with Crippen LogP contribution in [-0.4, -0.2) is 36.9 Å². The average molecular weight is 311 g/mol. The van der Waals surface area contributed by atoms with Crippen LogP contribution < -0.4 is 5.32 Å². The summed E-state index contributed by atoms with van der Waals surface area (Å²) in [6, 6.07) is 2.46. The van der Waals surface area contributed by atoms with Gasteiger partial charge in [0.25, 0.3) is 0 Å². The summed E-state index contributed by atoms with van der Waals surface area (Å²) in [5.41, 5.74) is 1.06. The second-order valence-corrected chi connectivity index (χ2v) is 8.38. The van der Waals surface area contributed by atoms with E-state index in [1.54, 1.807) is 13.2 Å². The van der Waals surface area contributed by atoms with Gasteiger partial charge in [0, 0.05) is 44.6 Å². The molecule has 0 unspecified atom stereocenters. The molecule has 2 aliphatic rings. The molecule has 21 heavy (non-hydrogen) atoms. The zero-order valence-corrected chi connectivity index (χ0v) is 13.7. The molecule has 5 nitrogen and oxygen atoms in total. The fraction of sp³-hybridized carbons (Fsp3) is 0.733. The van der Waals surface area contributed by atoms with Crippen LogP contribution in [0.4, 0.5) is 0 Å². The Kier molecular flexibility index (Phi) is 4.12. The summed E-state index contributed by atoms with van der Waals surface area (Å²) in [5, 5.41) is 3.45. The highest BCUT2D eigenvalue weighted by atomic mass is 32.2. The van der Waals surface area contributed by atoms with Crippen LogP contribution in [0.15, 0.2) is 17.2 Å². The molecule has 1 aromatic rings. The summed E-state index contributed by atoms with van der Waals surface area (Å²) >= 11 is 0. The summed E-state index contributed by atoms with van der Waals surface area (Å²) in [6.45, 7) is 4.24. The van der Waals surface area contributed by atoms with Crippen LogP contribution in [0.25, 0.3) is 0 Å².